The average molecular weight is 180 g/mol. The molecule has 74 valence electrons. The van der Waals surface area contributed by atoms with Crippen LogP contribution in [0.3, 0.4) is 0 Å². The van der Waals surface area contributed by atoms with Crippen LogP contribution in [0.1, 0.15) is 40.5 Å². The molecule has 0 N–H and O–H groups in total. The zero-order valence-electron chi connectivity index (χ0n) is 9.13. The predicted octanol–water partition coefficient (Wildman–Crippen LogP) is 3.20. The first-order valence-electron chi connectivity index (χ1n) is 5.28. The van der Waals surface area contributed by atoms with Crippen LogP contribution in [0, 0.1) is 17.8 Å². The van der Waals surface area contributed by atoms with Gasteiger partial charge in [-0.1, -0.05) is 26.8 Å². The first-order chi connectivity index (χ1) is 6.07. The predicted molar refractivity (Wildman–Crippen MR) is 55.5 cm³/mol. The molecule has 0 aromatic heterocycles. The molecule has 0 spiro atoms. The van der Waals surface area contributed by atoms with E-state index in [1.54, 1.807) is 0 Å². The van der Waals surface area contributed by atoms with Crippen LogP contribution in [0.4, 0.5) is 0 Å². The van der Waals surface area contributed by atoms with E-state index < -0.39 is 0 Å². The second-order valence-corrected chi connectivity index (χ2v) is 4.44. The van der Waals surface area contributed by atoms with Crippen molar-refractivity contribution < 1.29 is 4.79 Å². The standard InChI is InChI=1S/C12H20O/c1-5-10-11(8(2)3)7-6-9(4)12(10)13/h5,8-9,11H,6-7H2,1-4H3/b10-5-. The second-order valence-electron chi connectivity index (χ2n) is 4.44. The first kappa shape index (κ1) is 10.5. The van der Waals surface area contributed by atoms with Gasteiger partial charge in [-0.25, -0.2) is 0 Å². The molecule has 0 heterocycles. The van der Waals surface area contributed by atoms with Gasteiger partial charge in [-0.3, -0.25) is 4.79 Å². The van der Waals surface area contributed by atoms with Gasteiger partial charge in [0.25, 0.3) is 0 Å². The van der Waals surface area contributed by atoms with E-state index in [-0.39, 0.29) is 5.92 Å². The Morgan fingerprint density at radius 2 is 2.00 bits per heavy atom. The zero-order valence-corrected chi connectivity index (χ0v) is 9.13. The second kappa shape index (κ2) is 4.08. The summed E-state index contributed by atoms with van der Waals surface area (Å²) in [6.07, 6.45) is 4.27. The number of rotatable bonds is 1. The number of allylic oxidation sites excluding steroid dienone is 2. The van der Waals surface area contributed by atoms with Crippen molar-refractivity contribution in [2.24, 2.45) is 17.8 Å². The maximum absolute atomic E-state index is 11.8. The fourth-order valence-corrected chi connectivity index (χ4v) is 2.23. The summed E-state index contributed by atoms with van der Waals surface area (Å²) >= 11 is 0. The fraction of sp³-hybridized carbons (Fsp3) is 0.750. The van der Waals surface area contributed by atoms with Crippen molar-refractivity contribution in [3.8, 4) is 0 Å². The molecule has 0 radical (unpaired) electrons. The summed E-state index contributed by atoms with van der Waals surface area (Å²) in [6, 6.07) is 0. The molecule has 2 atom stereocenters. The summed E-state index contributed by atoms with van der Waals surface area (Å²) in [5.41, 5.74) is 1.08. The summed E-state index contributed by atoms with van der Waals surface area (Å²) in [4.78, 5) is 11.8. The van der Waals surface area contributed by atoms with Crippen LogP contribution in [0.5, 0.6) is 0 Å². The van der Waals surface area contributed by atoms with Crippen LogP contribution < -0.4 is 0 Å². The van der Waals surface area contributed by atoms with Gasteiger partial charge in [0.2, 0.25) is 0 Å². The maximum atomic E-state index is 11.8. The fourth-order valence-electron chi connectivity index (χ4n) is 2.23. The Morgan fingerprint density at radius 1 is 1.38 bits per heavy atom. The van der Waals surface area contributed by atoms with Gasteiger partial charge in [0, 0.05) is 5.92 Å². The van der Waals surface area contributed by atoms with Gasteiger partial charge >= 0.3 is 0 Å². The molecule has 0 amide bonds. The van der Waals surface area contributed by atoms with Gasteiger partial charge in [0.1, 0.15) is 0 Å². The van der Waals surface area contributed by atoms with Crippen LogP contribution in [0.2, 0.25) is 0 Å². The van der Waals surface area contributed by atoms with Crippen LogP contribution in [-0.4, -0.2) is 5.78 Å². The quantitative estimate of drug-likeness (QED) is 0.566. The molecule has 1 fully saturated rings. The van der Waals surface area contributed by atoms with Crippen LogP contribution in [0.25, 0.3) is 0 Å². The number of ketones is 1. The minimum atomic E-state index is 0.251. The van der Waals surface area contributed by atoms with E-state index in [2.05, 4.69) is 13.8 Å². The van der Waals surface area contributed by atoms with Crippen LogP contribution in [-0.2, 0) is 4.79 Å². The number of Topliss-reactive ketones (excluding diaryl/α,β-unsaturated/α-hetero) is 1. The molecular weight excluding hydrogens is 160 g/mol. The lowest BCUT2D eigenvalue weighted by Gasteiger charge is -2.30. The summed E-state index contributed by atoms with van der Waals surface area (Å²) in [5, 5.41) is 0. The molecule has 2 unspecified atom stereocenters. The number of carbonyl (C=O) groups excluding carboxylic acids is 1. The molecule has 1 aliphatic carbocycles. The summed E-state index contributed by atoms with van der Waals surface area (Å²) in [6.45, 7) is 8.44. The van der Waals surface area contributed by atoms with Gasteiger partial charge in [-0.05, 0) is 37.2 Å². The van der Waals surface area contributed by atoms with Crippen molar-refractivity contribution >= 4 is 5.78 Å². The minimum absolute atomic E-state index is 0.251. The summed E-state index contributed by atoms with van der Waals surface area (Å²) in [7, 11) is 0. The third-order valence-electron chi connectivity index (χ3n) is 3.16. The van der Waals surface area contributed by atoms with Crippen molar-refractivity contribution in [3.05, 3.63) is 11.6 Å². The van der Waals surface area contributed by atoms with Crippen molar-refractivity contribution in [3.63, 3.8) is 0 Å². The average Bonchev–Trinajstić information content (AvgIpc) is 2.09. The third kappa shape index (κ3) is 2.01. The number of hydrogen-bond acceptors (Lipinski definition) is 1. The maximum Gasteiger partial charge on any atom is 0.161 e. The van der Waals surface area contributed by atoms with Crippen molar-refractivity contribution in [2.45, 2.75) is 40.5 Å². The zero-order chi connectivity index (χ0) is 10.0. The molecule has 1 saturated carbocycles. The van der Waals surface area contributed by atoms with Crippen molar-refractivity contribution in [1.29, 1.82) is 0 Å². The Morgan fingerprint density at radius 3 is 2.46 bits per heavy atom. The first-order valence-corrected chi connectivity index (χ1v) is 5.28. The Balaban J connectivity index is 2.85. The molecular formula is C12H20O. The summed E-state index contributed by atoms with van der Waals surface area (Å²) < 4.78 is 0. The van der Waals surface area contributed by atoms with Gasteiger partial charge in [-0.15, -0.1) is 0 Å². The van der Waals surface area contributed by atoms with E-state index in [1.807, 2.05) is 19.9 Å². The smallest absolute Gasteiger partial charge is 0.161 e. The third-order valence-corrected chi connectivity index (χ3v) is 3.16. The Hall–Kier alpha value is -0.590. The van der Waals surface area contributed by atoms with E-state index in [0.717, 1.165) is 12.0 Å². The lowest BCUT2D eigenvalue weighted by molar-refractivity contribution is -0.121. The highest BCUT2D eigenvalue weighted by molar-refractivity contribution is 5.98. The molecule has 0 aromatic rings. The topological polar surface area (TPSA) is 17.1 Å². The van der Waals surface area contributed by atoms with Crippen molar-refractivity contribution in [1.82, 2.24) is 0 Å². The number of hydrogen-bond donors (Lipinski definition) is 0. The molecule has 1 heteroatoms. The molecule has 13 heavy (non-hydrogen) atoms. The normalized spacial score (nSPS) is 33.0. The molecule has 1 nitrogen and oxygen atoms in total. The molecule has 0 aromatic carbocycles. The molecule has 1 rings (SSSR count). The highest BCUT2D eigenvalue weighted by Gasteiger charge is 2.31. The lowest BCUT2D eigenvalue weighted by atomic mass is 9.73. The van der Waals surface area contributed by atoms with Gasteiger partial charge in [-0.2, -0.15) is 0 Å². The molecule has 1 aliphatic rings. The van der Waals surface area contributed by atoms with Gasteiger partial charge in [0.15, 0.2) is 5.78 Å². The molecule has 0 saturated heterocycles. The minimum Gasteiger partial charge on any atom is -0.294 e. The molecule has 0 aliphatic heterocycles. The summed E-state index contributed by atoms with van der Waals surface area (Å²) in [5.74, 6) is 1.74. The Bertz CT molecular complexity index is 225. The van der Waals surface area contributed by atoms with E-state index >= 15 is 0 Å². The molecule has 0 bridgehead atoms. The highest BCUT2D eigenvalue weighted by atomic mass is 16.1. The van der Waals surface area contributed by atoms with Gasteiger partial charge in [0.05, 0.1) is 0 Å². The lowest BCUT2D eigenvalue weighted by Crippen LogP contribution is -2.28. The van der Waals surface area contributed by atoms with E-state index in [9.17, 15) is 4.79 Å². The largest absolute Gasteiger partial charge is 0.294 e. The van der Waals surface area contributed by atoms with Crippen LogP contribution in [0.15, 0.2) is 11.6 Å². The monoisotopic (exact) mass is 180 g/mol. The Kier molecular flexibility index (Phi) is 3.29. The SMILES string of the molecule is C/C=C1\C(=O)C(C)CCC1C(C)C. The highest BCUT2D eigenvalue weighted by Crippen LogP contribution is 2.34. The van der Waals surface area contributed by atoms with Crippen molar-refractivity contribution in [2.75, 3.05) is 0 Å². The van der Waals surface area contributed by atoms with E-state index in [0.29, 0.717) is 17.6 Å². The van der Waals surface area contributed by atoms with E-state index in [1.165, 1.54) is 6.42 Å². The van der Waals surface area contributed by atoms with E-state index in [4.69, 9.17) is 0 Å². The number of carbonyl (C=O) groups is 1. The Labute approximate surface area is 81.2 Å². The van der Waals surface area contributed by atoms with Gasteiger partial charge < -0.3 is 0 Å². The van der Waals surface area contributed by atoms with Crippen LogP contribution >= 0.6 is 0 Å².